The Kier molecular flexibility index (Phi) is 9.01. The average Bonchev–Trinajstić information content (AvgIpc) is 3.04. The minimum Gasteiger partial charge on any atom is -0.496 e. The number of nitrogens with one attached hydrogen (secondary N) is 2. The van der Waals surface area contributed by atoms with Gasteiger partial charge in [-0.1, -0.05) is 18.2 Å². The van der Waals surface area contributed by atoms with Crippen LogP contribution in [-0.4, -0.2) is 26.7 Å². The predicted octanol–water partition coefficient (Wildman–Crippen LogP) is 3.59. The van der Waals surface area contributed by atoms with Crippen LogP contribution < -0.4 is 15.4 Å². The van der Waals surface area contributed by atoms with Crippen molar-refractivity contribution in [2.75, 3.05) is 20.7 Å². The molecule has 0 spiro atoms. The van der Waals surface area contributed by atoms with E-state index in [-0.39, 0.29) is 24.0 Å². The summed E-state index contributed by atoms with van der Waals surface area (Å²) in [5.41, 5.74) is 2.31. The second-order valence-electron chi connectivity index (χ2n) is 5.00. The first-order chi connectivity index (χ1) is 10.7. The van der Waals surface area contributed by atoms with Crippen molar-refractivity contribution in [1.82, 2.24) is 10.6 Å². The van der Waals surface area contributed by atoms with Crippen molar-refractivity contribution in [1.29, 1.82) is 0 Å². The van der Waals surface area contributed by atoms with Gasteiger partial charge < -0.3 is 15.4 Å². The molecule has 2 N–H and O–H groups in total. The molecule has 0 unspecified atom stereocenters. The molecule has 6 heteroatoms. The fourth-order valence-electron chi connectivity index (χ4n) is 2.16. The Morgan fingerprint density at radius 3 is 2.74 bits per heavy atom. The van der Waals surface area contributed by atoms with Crippen molar-refractivity contribution in [2.24, 2.45) is 4.99 Å². The second kappa shape index (κ2) is 10.5. The van der Waals surface area contributed by atoms with Crippen LogP contribution in [0.25, 0.3) is 0 Å². The molecule has 1 heterocycles. The summed E-state index contributed by atoms with van der Waals surface area (Å²) in [7, 11) is 3.49. The highest BCUT2D eigenvalue weighted by molar-refractivity contribution is 14.0. The van der Waals surface area contributed by atoms with Gasteiger partial charge in [-0.05, 0) is 36.4 Å². The molecule has 23 heavy (non-hydrogen) atoms. The summed E-state index contributed by atoms with van der Waals surface area (Å²) in [6.07, 6.45) is 1.01. The molecule has 0 saturated heterocycles. The summed E-state index contributed by atoms with van der Waals surface area (Å²) in [5.74, 6) is 1.71. The largest absolute Gasteiger partial charge is 0.496 e. The molecule has 0 aliphatic rings. The average molecular weight is 445 g/mol. The minimum atomic E-state index is 0. The fourth-order valence-corrected chi connectivity index (χ4v) is 2.87. The number of guanidine groups is 1. The van der Waals surface area contributed by atoms with E-state index in [1.165, 1.54) is 10.4 Å². The smallest absolute Gasteiger partial charge is 0.191 e. The van der Waals surface area contributed by atoms with Crippen molar-refractivity contribution >= 4 is 41.3 Å². The van der Waals surface area contributed by atoms with Gasteiger partial charge in [0.1, 0.15) is 5.75 Å². The maximum absolute atomic E-state index is 5.42. The first kappa shape index (κ1) is 19.8. The van der Waals surface area contributed by atoms with Crippen LogP contribution >= 0.6 is 35.3 Å². The van der Waals surface area contributed by atoms with Crippen LogP contribution in [0.3, 0.4) is 0 Å². The van der Waals surface area contributed by atoms with E-state index in [4.69, 9.17) is 4.74 Å². The highest BCUT2D eigenvalue weighted by atomic mass is 127. The van der Waals surface area contributed by atoms with Crippen LogP contribution in [0.1, 0.15) is 16.0 Å². The molecule has 0 atom stereocenters. The Labute approximate surface area is 159 Å². The number of methoxy groups -OCH3 is 1. The van der Waals surface area contributed by atoms with Crippen molar-refractivity contribution < 1.29 is 4.74 Å². The van der Waals surface area contributed by atoms with Gasteiger partial charge in [0.15, 0.2) is 5.96 Å². The van der Waals surface area contributed by atoms with E-state index in [0.29, 0.717) is 6.54 Å². The molecular weight excluding hydrogens is 421 g/mol. The van der Waals surface area contributed by atoms with Crippen LogP contribution in [0.2, 0.25) is 0 Å². The number of benzene rings is 1. The van der Waals surface area contributed by atoms with Gasteiger partial charge in [0.2, 0.25) is 0 Å². The van der Waals surface area contributed by atoms with Crippen molar-refractivity contribution in [3.05, 3.63) is 51.7 Å². The normalized spacial score (nSPS) is 10.8. The topological polar surface area (TPSA) is 45.7 Å². The van der Waals surface area contributed by atoms with E-state index in [9.17, 15) is 0 Å². The number of rotatable bonds is 6. The Bertz CT molecular complexity index is 614. The van der Waals surface area contributed by atoms with Gasteiger partial charge in [-0.3, -0.25) is 4.99 Å². The zero-order valence-electron chi connectivity index (χ0n) is 13.8. The third-order valence-corrected chi connectivity index (χ3v) is 4.29. The van der Waals surface area contributed by atoms with E-state index in [1.807, 2.05) is 6.07 Å². The lowest BCUT2D eigenvalue weighted by atomic mass is 10.1. The number of nitrogens with zero attached hydrogens (tertiary/aromatic N) is 1. The molecule has 0 aliphatic heterocycles. The molecule has 2 rings (SSSR count). The number of aryl methyl sites for hydroxylation is 1. The lowest BCUT2D eigenvalue weighted by molar-refractivity contribution is 0.408. The first-order valence-electron chi connectivity index (χ1n) is 7.33. The maximum Gasteiger partial charge on any atom is 0.191 e. The molecule has 0 bridgehead atoms. The number of hydrogen-bond donors (Lipinski definition) is 2. The Hall–Kier alpha value is -1.28. The zero-order chi connectivity index (χ0) is 15.8. The quantitative estimate of drug-likeness (QED) is 0.406. The molecule has 2 aromatic rings. The summed E-state index contributed by atoms with van der Waals surface area (Å²) in [4.78, 5) is 5.63. The van der Waals surface area contributed by atoms with Gasteiger partial charge in [0.25, 0.3) is 0 Å². The Balaban J connectivity index is 0.00000264. The predicted molar refractivity (Wildman–Crippen MR) is 109 cm³/mol. The summed E-state index contributed by atoms with van der Waals surface area (Å²) in [6.45, 7) is 3.61. The SMILES string of the molecule is CN=C(NCCc1cccs1)NCc1ccc(C)cc1OC.I. The maximum atomic E-state index is 5.42. The van der Waals surface area contributed by atoms with E-state index >= 15 is 0 Å². The summed E-state index contributed by atoms with van der Waals surface area (Å²) in [5, 5.41) is 8.76. The molecule has 0 amide bonds. The van der Waals surface area contributed by atoms with Crippen molar-refractivity contribution in [3.63, 3.8) is 0 Å². The lowest BCUT2D eigenvalue weighted by Gasteiger charge is -2.14. The van der Waals surface area contributed by atoms with Gasteiger partial charge >= 0.3 is 0 Å². The molecular formula is C17H24IN3OS. The minimum absolute atomic E-state index is 0. The standard InChI is InChI=1S/C17H23N3OS.HI/c1-13-6-7-14(16(11-13)21-3)12-20-17(18-2)19-9-8-15-5-4-10-22-15;/h4-7,10-11H,8-9,12H2,1-3H3,(H2,18,19,20);1H. The molecule has 4 nitrogen and oxygen atoms in total. The summed E-state index contributed by atoms with van der Waals surface area (Å²) >= 11 is 1.78. The van der Waals surface area contributed by atoms with Gasteiger partial charge in [-0.25, -0.2) is 0 Å². The van der Waals surface area contributed by atoms with Crippen LogP contribution in [0.5, 0.6) is 5.75 Å². The monoisotopic (exact) mass is 445 g/mol. The number of halogens is 1. The molecule has 0 saturated carbocycles. The van der Waals surface area contributed by atoms with Gasteiger partial charge in [0, 0.05) is 30.6 Å². The summed E-state index contributed by atoms with van der Waals surface area (Å²) in [6, 6.07) is 10.5. The number of ether oxygens (including phenoxy) is 1. The highest BCUT2D eigenvalue weighted by Gasteiger charge is 2.04. The van der Waals surface area contributed by atoms with Gasteiger partial charge in [0.05, 0.1) is 7.11 Å². The van der Waals surface area contributed by atoms with Gasteiger partial charge in [-0.2, -0.15) is 0 Å². The van der Waals surface area contributed by atoms with Crippen molar-refractivity contribution in [2.45, 2.75) is 19.9 Å². The number of thiophene rings is 1. The van der Waals surface area contributed by atoms with Crippen molar-refractivity contribution in [3.8, 4) is 5.75 Å². The lowest BCUT2D eigenvalue weighted by Crippen LogP contribution is -2.37. The van der Waals surface area contributed by atoms with Crippen LogP contribution in [-0.2, 0) is 13.0 Å². The number of hydrogen-bond acceptors (Lipinski definition) is 3. The Morgan fingerprint density at radius 2 is 2.09 bits per heavy atom. The fraction of sp³-hybridized carbons (Fsp3) is 0.353. The molecule has 0 aliphatic carbocycles. The Morgan fingerprint density at radius 1 is 1.26 bits per heavy atom. The molecule has 0 fully saturated rings. The van der Waals surface area contributed by atoms with E-state index in [2.05, 4.69) is 52.2 Å². The molecule has 0 radical (unpaired) electrons. The van der Waals surface area contributed by atoms with Crippen LogP contribution in [0.15, 0.2) is 40.7 Å². The zero-order valence-corrected chi connectivity index (χ0v) is 16.9. The highest BCUT2D eigenvalue weighted by Crippen LogP contribution is 2.19. The van der Waals surface area contributed by atoms with Crippen LogP contribution in [0, 0.1) is 6.92 Å². The summed E-state index contributed by atoms with van der Waals surface area (Å²) < 4.78 is 5.42. The van der Waals surface area contributed by atoms with Crippen LogP contribution in [0.4, 0.5) is 0 Å². The van der Waals surface area contributed by atoms with E-state index < -0.39 is 0 Å². The van der Waals surface area contributed by atoms with E-state index in [1.54, 1.807) is 25.5 Å². The third-order valence-electron chi connectivity index (χ3n) is 3.36. The van der Waals surface area contributed by atoms with Gasteiger partial charge in [-0.15, -0.1) is 35.3 Å². The first-order valence-corrected chi connectivity index (χ1v) is 8.21. The number of aliphatic imine (C=N–C) groups is 1. The molecule has 1 aromatic heterocycles. The molecule has 1 aromatic carbocycles. The molecule has 126 valence electrons. The van der Waals surface area contributed by atoms with E-state index in [0.717, 1.165) is 30.2 Å². The third kappa shape index (κ3) is 6.39. The second-order valence-corrected chi connectivity index (χ2v) is 6.03.